The Morgan fingerprint density at radius 1 is 1.50 bits per heavy atom. The molecule has 0 aromatic carbocycles. The second-order valence-corrected chi connectivity index (χ2v) is 4.15. The van der Waals surface area contributed by atoms with E-state index >= 15 is 0 Å². The Morgan fingerprint density at radius 3 is 2.67 bits per heavy atom. The van der Waals surface area contributed by atoms with Crippen molar-refractivity contribution in [3.8, 4) is 0 Å². The predicted octanol–water partition coefficient (Wildman–Crippen LogP) is 1.52. The van der Waals surface area contributed by atoms with Gasteiger partial charge in [0.05, 0.1) is 6.10 Å². The lowest BCUT2D eigenvalue weighted by molar-refractivity contribution is 0.108. The van der Waals surface area contributed by atoms with Crippen molar-refractivity contribution in [1.29, 1.82) is 0 Å². The minimum Gasteiger partial charge on any atom is -0.393 e. The molecule has 3 N–H and O–H groups in total. The maximum absolute atomic E-state index is 9.57. The van der Waals surface area contributed by atoms with Gasteiger partial charge in [0, 0.05) is 0 Å². The van der Waals surface area contributed by atoms with E-state index in [9.17, 15) is 5.11 Å². The van der Waals surface area contributed by atoms with E-state index in [-0.39, 0.29) is 12.0 Å². The van der Waals surface area contributed by atoms with E-state index in [1.54, 1.807) is 0 Å². The Balaban J connectivity index is 1.96. The van der Waals surface area contributed by atoms with Gasteiger partial charge < -0.3 is 10.8 Å². The quantitative estimate of drug-likeness (QED) is 0.636. The highest BCUT2D eigenvalue weighted by atomic mass is 16.3. The van der Waals surface area contributed by atoms with Crippen molar-refractivity contribution in [2.45, 2.75) is 45.1 Å². The van der Waals surface area contributed by atoms with Gasteiger partial charge in [-0.2, -0.15) is 0 Å². The van der Waals surface area contributed by atoms with Crippen molar-refractivity contribution in [3.63, 3.8) is 0 Å². The molecule has 2 unspecified atom stereocenters. The number of aliphatic hydroxyl groups is 1. The van der Waals surface area contributed by atoms with Gasteiger partial charge in [0.15, 0.2) is 0 Å². The zero-order chi connectivity index (χ0) is 8.97. The van der Waals surface area contributed by atoms with Crippen LogP contribution in [0.4, 0.5) is 0 Å². The first kappa shape index (κ1) is 10.0. The third-order valence-electron chi connectivity index (χ3n) is 2.84. The van der Waals surface area contributed by atoms with Gasteiger partial charge in [-0.05, 0) is 24.8 Å². The second-order valence-electron chi connectivity index (χ2n) is 4.15. The number of nitrogens with two attached hydrogens (primary N) is 1. The minimum atomic E-state index is -0.172. The molecule has 0 aromatic rings. The first-order chi connectivity index (χ1) is 5.74. The molecule has 0 spiro atoms. The summed E-state index contributed by atoms with van der Waals surface area (Å²) in [6.45, 7) is 2.62. The van der Waals surface area contributed by atoms with E-state index in [4.69, 9.17) is 5.73 Å². The first-order valence-corrected chi connectivity index (χ1v) is 5.12. The maximum atomic E-state index is 9.57. The monoisotopic (exact) mass is 171 g/mol. The Hall–Kier alpha value is -0.0800. The van der Waals surface area contributed by atoms with E-state index in [0.717, 1.165) is 12.3 Å². The van der Waals surface area contributed by atoms with Crippen LogP contribution >= 0.6 is 0 Å². The van der Waals surface area contributed by atoms with Gasteiger partial charge in [-0.15, -0.1) is 0 Å². The third-order valence-corrected chi connectivity index (χ3v) is 2.84. The van der Waals surface area contributed by atoms with Crippen LogP contribution < -0.4 is 5.73 Å². The van der Waals surface area contributed by atoms with Gasteiger partial charge in [0.1, 0.15) is 0 Å². The molecule has 1 fully saturated rings. The van der Waals surface area contributed by atoms with Crippen molar-refractivity contribution in [3.05, 3.63) is 0 Å². The zero-order valence-electron chi connectivity index (χ0n) is 8.00. The summed E-state index contributed by atoms with van der Waals surface area (Å²) in [5, 5.41) is 9.57. The molecule has 2 heteroatoms. The van der Waals surface area contributed by atoms with Crippen molar-refractivity contribution >= 4 is 0 Å². The molecular formula is C10H21NO. The topological polar surface area (TPSA) is 46.2 Å². The average molecular weight is 171 g/mol. The molecule has 0 bridgehead atoms. The summed E-state index contributed by atoms with van der Waals surface area (Å²) >= 11 is 0. The van der Waals surface area contributed by atoms with Crippen molar-refractivity contribution in [2.24, 2.45) is 17.6 Å². The van der Waals surface area contributed by atoms with Crippen LogP contribution in [0.1, 0.15) is 39.0 Å². The molecule has 2 nitrogen and oxygen atoms in total. The molecule has 1 aliphatic rings. The molecule has 0 amide bonds. The predicted molar refractivity (Wildman–Crippen MR) is 50.8 cm³/mol. The van der Waals surface area contributed by atoms with Gasteiger partial charge in [0.25, 0.3) is 0 Å². The number of aliphatic hydroxyl groups excluding tert-OH is 1. The van der Waals surface area contributed by atoms with E-state index < -0.39 is 0 Å². The standard InChI is InChI=1S/C10H21NO/c1-8(7-11)10(12)4-2-3-9-5-6-9/h8-10,12H,2-7,11H2,1H3. The summed E-state index contributed by atoms with van der Waals surface area (Å²) in [5.74, 6) is 1.26. The third kappa shape index (κ3) is 3.55. The lowest BCUT2D eigenvalue weighted by atomic mass is 9.99. The average Bonchev–Trinajstić information content (AvgIpc) is 2.86. The molecule has 0 radical (unpaired) electrons. The minimum absolute atomic E-state index is 0.172. The summed E-state index contributed by atoms with van der Waals surface area (Å²) in [4.78, 5) is 0. The Morgan fingerprint density at radius 2 is 2.17 bits per heavy atom. The largest absolute Gasteiger partial charge is 0.393 e. The van der Waals surface area contributed by atoms with Crippen LogP contribution in [0.25, 0.3) is 0 Å². The number of rotatable bonds is 6. The zero-order valence-corrected chi connectivity index (χ0v) is 8.00. The lowest BCUT2D eigenvalue weighted by Crippen LogP contribution is -2.24. The molecule has 1 aliphatic carbocycles. The first-order valence-electron chi connectivity index (χ1n) is 5.12. The fraction of sp³-hybridized carbons (Fsp3) is 1.00. The van der Waals surface area contributed by atoms with Gasteiger partial charge >= 0.3 is 0 Å². The Kier molecular flexibility index (Phi) is 4.02. The molecule has 1 saturated carbocycles. The van der Waals surface area contributed by atoms with Crippen molar-refractivity contribution in [1.82, 2.24) is 0 Å². The van der Waals surface area contributed by atoms with Crippen LogP contribution in [0.3, 0.4) is 0 Å². The van der Waals surface area contributed by atoms with E-state index in [0.29, 0.717) is 6.54 Å². The molecule has 72 valence electrons. The summed E-state index contributed by atoms with van der Waals surface area (Å²) in [7, 11) is 0. The van der Waals surface area contributed by atoms with Crippen LogP contribution in [0.15, 0.2) is 0 Å². The summed E-state index contributed by atoms with van der Waals surface area (Å²) in [6, 6.07) is 0. The van der Waals surface area contributed by atoms with Crippen LogP contribution in [0.5, 0.6) is 0 Å². The SMILES string of the molecule is CC(CN)C(O)CCCC1CC1. The second kappa shape index (κ2) is 4.83. The molecule has 12 heavy (non-hydrogen) atoms. The molecule has 0 heterocycles. The molecule has 0 aliphatic heterocycles. The Bertz CT molecular complexity index is 123. The number of hydrogen-bond acceptors (Lipinski definition) is 2. The summed E-state index contributed by atoms with van der Waals surface area (Å²) in [5.41, 5.74) is 5.46. The van der Waals surface area contributed by atoms with Crippen LogP contribution in [-0.2, 0) is 0 Å². The van der Waals surface area contributed by atoms with Gasteiger partial charge in [0.2, 0.25) is 0 Å². The highest BCUT2D eigenvalue weighted by molar-refractivity contribution is 4.74. The summed E-state index contributed by atoms with van der Waals surface area (Å²) < 4.78 is 0. The van der Waals surface area contributed by atoms with E-state index in [1.807, 2.05) is 6.92 Å². The van der Waals surface area contributed by atoms with Crippen molar-refractivity contribution in [2.75, 3.05) is 6.54 Å². The normalized spacial score (nSPS) is 22.2. The van der Waals surface area contributed by atoms with Crippen LogP contribution in [-0.4, -0.2) is 17.8 Å². The van der Waals surface area contributed by atoms with E-state index in [2.05, 4.69) is 0 Å². The lowest BCUT2D eigenvalue weighted by Gasteiger charge is -2.16. The van der Waals surface area contributed by atoms with E-state index in [1.165, 1.54) is 25.7 Å². The fourth-order valence-electron chi connectivity index (χ4n) is 1.46. The number of hydrogen-bond donors (Lipinski definition) is 2. The fourth-order valence-corrected chi connectivity index (χ4v) is 1.46. The van der Waals surface area contributed by atoms with Crippen LogP contribution in [0, 0.1) is 11.8 Å². The molecule has 2 atom stereocenters. The highest BCUT2D eigenvalue weighted by Crippen LogP contribution is 2.34. The Labute approximate surface area is 75.2 Å². The molecule has 1 rings (SSSR count). The van der Waals surface area contributed by atoms with Crippen LogP contribution in [0.2, 0.25) is 0 Å². The molecule has 0 saturated heterocycles. The maximum Gasteiger partial charge on any atom is 0.0577 e. The van der Waals surface area contributed by atoms with Gasteiger partial charge in [-0.25, -0.2) is 0 Å². The summed E-state index contributed by atoms with van der Waals surface area (Å²) in [6.07, 6.45) is 6.10. The molecular weight excluding hydrogens is 150 g/mol. The highest BCUT2D eigenvalue weighted by Gasteiger charge is 2.21. The smallest absolute Gasteiger partial charge is 0.0577 e. The molecule has 0 aromatic heterocycles. The van der Waals surface area contributed by atoms with Gasteiger partial charge in [-0.3, -0.25) is 0 Å². The van der Waals surface area contributed by atoms with Crippen molar-refractivity contribution < 1.29 is 5.11 Å². The van der Waals surface area contributed by atoms with Gasteiger partial charge in [-0.1, -0.05) is 32.6 Å².